The first kappa shape index (κ1) is 16.9. The van der Waals surface area contributed by atoms with Crippen molar-refractivity contribution in [3.63, 3.8) is 0 Å². The number of aryl methyl sites for hydroxylation is 1. The van der Waals surface area contributed by atoms with Crippen molar-refractivity contribution in [1.82, 2.24) is 9.88 Å². The molecule has 2 aromatic carbocycles. The second-order valence-corrected chi connectivity index (χ2v) is 6.96. The topological polar surface area (TPSA) is 45.3 Å². The molecule has 4 rings (SSSR count). The fourth-order valence-corrected chi connectivity index (χ4v) is 3.96. The van der Waals surface area contributed by atoms with Gasteiger partial charge in [-0.1, -0.05) is 48.0 Å². The first-order valence-corrected chi connectivity index (χ1v) is 9.15. The zero-order valence-corrected chi connectivity index (χ0v) is 15.3. The highest BCUT2D eigenvalue weighted by molar-refractivity contribution is 5.92. The molecule has 0 bridgehead atoms. The number of aromatic amines is 1. The Balaban J connectivity index is 1.86. The standard InChI is InChI=1S/C22H24N2O2/c1-15-7-9-16(10-8-15)22-21(17-5-3-4-6-18(17)23-22)19-11-12-20(25)24(19)13-14-26-2/h3-10,19,23H,11-14H2,1-2H3/t19-/m0/s1. The molecule has 3 aromatic rings. The van der Waals surface area contributed by atoms with Crippen LogP contribution in [0.3, 0.4) is 0 Å². The minimum atomic E-state index is 0.0881. The smallest absolute Gasteiger partial charge is 0.223 e. The predicted molar refractivity (Wildman–Crippen MR) is 104 cm³/mol. The van der Waals surface area contributed by atoms with Crippen LogP contribution in [0.15, 0.2) is 48.5 Å². The maximum atomic E-state index is 12.5. The van der Waals surface area contributed by atoms with Crippen LogP contribution in [-0.4, -0.2) is 36.1 Å². The van der Waals surface area contributed by atoms with Gasteiger partial charge in [0.05, 0.1) is 18.3 Å². The molecule has 4 heteroatoms. The van der Waals surface area contributed by atoms with Gasteiger partial charge in [0, 0.05) is 36.5 Å². The molecule has 1 fully saturated rings. The summed E-state index contributed by atoms with van der Waals surface area (Å²) >= 11 is 0. The normalized spacial score (nSPS) is 17.4. The van der Waals surface area contributed by atoms with E-state index in [1.807, 2.05) is 11.0 Å². The fraction of sp³-hybridized carbons (Fsp3) is 0.318. The number of nitrogens with zero attached hydrogens (tertiary/aromatic N) is 1. The quantitative estimate of drug-likeness (QED) is 0.740. The van der Waals surface area contributed by atoms with Gasteiger partial charge in [-0.25, -0.2) is 0 Å². The zero-order valence-electron chi connectivity index (χ0n) is 15.3. The van der Waals surface area contributed by atoms with Crippen molar-refractivity contribution in [2.75, 3.05) is 20.3 Å². The first-order chi connectivity index (χ1) is 12.7. The maximum Gasteiger partial charge on any atom is 0.223 e. The Bertz CT molecular complexity index is 927. The lowest BCUT2D eigenvalue weighted by molar-refractivity contribution is -0.129. The van der Waals surface area contributed by atoms with Crippen molar-refractivity contribution in [3.8, 4) is 11.3 Å². The largest absolute Gasteiger partial charge is 0.383 e. The van der Waals surface area contributed by atoms with Crippen LogP contribution in [0.1, 0.15) is 30.0 Å². The van der Waals surface area contributed by atoms with Crippen molar-refractivity contribution in [1.29, 1.82) is 0 Å². The van der Waals surface area contributed by atoms with Crippen LogP contribution in [0, 0.1) is 6.92 Å². The van der Waals surface area contributed by atoms with Crippen LogP contribution in [-0.2, 0) is 9.53 Å². The first-order valence-electron chi connectivity index (χ1n) is 9.15. The number of rotatable bonds is 5. The Morgan fingerprint density at radius 3 is 2.69 bits per heavy atom. The zero-order chi connectivity index (χ0) is 18.1. The molecule has 0 spiro atoms. The Morgan fingerprint density at radius 1 is 1.15 bits per heavy atom. The van der Waals surface area contributed by atoms with E-state index in [-0.39, 0.29) is 11.9 Å². The predicted octanol–water partition coefficient (Wildman–Crippen LogP) is 4.45. The van der Waals surface area contributed by atoms with Crippen LogP contribution in [0.2, 0.25) is 0 Å². The minimum Gasteiger partial charge on any atom is -0.383 e. The van der Waals surface area contributed by atoms with Gasteiger partial charge in [0.2, 0.25) is 5.91 Å². The van der Waals surface area contributed by atoms with Gasteiger partial charge < -0.3 is 14.6 Å². The summed E-state index contributed by atoms with van der Waals surface area (Å²) in [5.41, 5.74) is 5.86. The molecule has 1 amide bonds. The lowest BCUT2D eigenvalue weighted by Gasteiger charge is -2.25. The highest BCUT2D eigenvalue weighted by atomic mass is 16.5. The van der Waals surface area contributed by atoms with Crippen molar-refractivity contribution >= 4 is 16.8 Å². The molecule has 0 saturated carbocycles. The van der Waals surface area contributed by atoms with Gasteiger partial charge in [-0.15, -0.1) is 0 Å². The molecule has 134 valence electrons. The molecule has 0 radical (unpaired) electrons. The van der Waals surface area contributed by atoms with Crippen LogP contribution in [0.5, 0.6) is 0 Å². The highest BCUT2D eigenvalue weighted by Crippen LogP contribution is 2.42. The van der Waals surface area contributed by atoms with E-state index in [4.69, 9.17) is 4.74 Å². The lowest BCUT2D eigenvalue weighted by atomic mass is 9.96. The van der Waals surface area contributed by atoms with E-state index >= 15 is 0 Å². The van der Waals surface area contributed by atoms with Crippen molar-refractivity contribution in [2.45, 2.75) is 25.8 Å². The average Bonchev–Trinajstić information content (AvgIpc) is 3.21. The van der Waals surface area contributed by atoms with Gasteiger partial charge in [-0.05, 0) is 25.0 Å². The van der Waals surface area contributed by atoms with Crippen LogP contribution < -0.4 is 0 Å². The number of nitrogens with one attached hydrogen (secondary N) is 1. The number of methoxy groups -OCH3 is 1. The minimum absolute atomic E-state index is 0.0881. The lowest BCUT2D eigenvalue weighted by Crippen LogP contribution is -2.31. The molecule has 26 heavy (non-hydrogen) atoms. The number of carbonyl (C=O) groups is 1. The van der Waals surface area contributed by atoms with E-state index in [0.717, 1.165) is 23.2 Å². The number of benzene rings is 2. The van der Waals surface area contributed by atoms with Crippen molar-refractivity contribution < 1.29 is 9.53 Å². The summed E-state index contributed by atoms with van der Waals surface area (Å²) in [5.74, 6) is 0.215. The average molecular weight is 348 g/mol. The molecular formula is C22H24N2O2. The second-order valence-electron chi connectivity index (χ2n) is 6.96. The Labute approximate surface area is 153 Å². The van der Waals surface area contributed by atoms with Crippen LogP contribution in [0.25, 0.3) is 22.2 Å². The SMILES string of the molecule is COCCN1C(=O)CC[C@H]1c1c(-c2ccc(C)cc2)[nH]c2ccccc12. The molecule has 0 unspecified atom stereocenters. The van der Waals surface area contributed by atoms with E-state index in [1.165, 1.54) is 16.5 Å². The number of fused-ring (bicyclic) bond motifs is 1. The number of H-pyrrole nitrogens is 1. The number of likely N-dealkylation sites (tertiary alicyclic amines) is 1. The van der Waals surface area contributed by atoms with E-state index in [0.29, 0.717) is 19.6 Å². The van der Waals surface area contributed by atoms with Gasteiger partial charge in [-0.2, -0.15) is 0 Å². The molecule has 0 aliphatic carbocycles. The second kappa shape index (κ2) is 6.96. The van der Waals surface area contributed by atoms with E-state index in [2.05, 4.69) is 54.4 Å². The molecule has 1 aromatic heterocycles. The van der Waals surface area contributed by atoms with Crippen molar-refractivity contribution in [3.05, 3.63) is 59.7 Å². The van der Waals surface area contributed by atoms with Gasteiger partial charge in [-0.3, -0.25) is 4.79 Å². The summed E-state index contributed by atoms with van der Waals surface area (Å²) in [5, 5.41) is 1.20. The molecule has 4 nitrogen and oxygen atoms in total. The molecule has 1 saturated heterocycles. The number of carbonyl (C=O) groups excluding carboxylic acids is 1. The van der Waals surface area contributed by atoms with E-state index < -0.39 is 0 Å². The van der Waals surface area contributed by atoms with Crippen LogP contribution in [0.4, 0.5) is 0 Å². The summed E-state index contributed by atoms with van der Waals surface area (Å²) < 4.78 is 5.23. The summed E-state index contributed by atoms with van der Waals surface area (Å²) in [6.07, 6.45) is 1.45. The summed E-state index contributed by atoms with van der Waals surface area (Å²) in [6.45, 7) is 3.29. The third-order valence-corrected chi connectivity index (χ3v) is 5.28. The number of aromatic nitrogens is 1. The number of hydrogen-bond donors (Lipinski definition) is 1. The third-order valence-electron chi connectivity index (χ3n) is 5.28. The van der Waals surface area contributed by atoms with Crippen LogP contribution >= 0.6 is 0 Å². The molecule has 1 atom stereocenters. The van der Waals surface area contributed by atoms with Gasteiger partial charge in [0.1, 0.15) is 0 Å². The molecule has 2 heterocycles. The Kier molecular flexibility index (Phi) is 4.51. The number of amides is 1. The summed E-state index contributed by atoms with van der Waals surface area (Å²) in [6, 6.07) is 17.0. The van der Waals surface area contributed by atoms with E-state index in [1.54, 1.807) is 7.11 Å². The third kappa shape index (κ3) is 2.90. The number of hydrogen-bond acceptors (Lipinski definition) is 2. The summed E-state index contributed by atoms with van der Waals surface area (Å²) in [7, 11) is 1.68. The molecule has 1 N–H and O–H groups in total. The highest BCUT2D eigenvalue weighted by Gasteiger charge is 2.35. The molecular weight excluding hydrogens is 324 g/mol. The van der Waals surface area contributed by atoms with Gasteiger partial charge in [0.15, 0.2) is 0 Å². The fourth-order valence-electron chi connectivity index (χ4n) is 3.96. The summed E-state index contributed by atoms with van der Waals surface area (Å²) in [4.78, 5) is 18.1. The maximum absolute atomic E-state index is 12.5. The molecule has 1 aliphatic rings. The van der Waals surface area contributed by atoms with Gasteiger partial charge >= 0.3 is 0 Å². The van der Waals surface area contributed by atoms with Gasteiger partial charge in [0.25, 0.3) is 0 Å². The van der Waals surface area contributed by atoms with Crippen molar-refractivity contribution in [2.24, 2.45) is 0 Å². The number of ether oxygens (including phenoxy) is 1. The Hall–Kier alpha value is -2.59. The molecule has 1 aliphatic heterocycles. The Morgan fingerprint density at radius 2 is 1.92 bits per heavy atom. The van der Waals surface area contributed by atoms with E-state index in [9.17, 15) is 4.79 Å². The monoisotopic (exact) mass is 348 g/mol. The number of para-hydroxylation sites is 1.